The lowest BCUT2D eigenvalue weighted by atomic mass is 10.2. The Morgan fingerprint density at radius 2 is 2.36 bits per heavy atom. The molecule has 0 radical (unpaired) electrons. The van der Waals surface area contributed by atoms with Gasteiger partial charge >= 0.3 is 0 Å². The van der Waals surface area contributed by atoms with Gasteiger partial charge in [-0.05, 0) is 6.92 Å². The molecule has 0 aromatic carbocycles. The highest BCUT2D eigenvalue weighted by molar-refractivity contribution is 5.77. The van der Waals surface area contributed by atoms with Crippen LogP contribution in [-0.4, -0.2) is 39.3 Å². The number of hydrogen-bond donors (Lipinski definition) is 2. The molecule has 0 aliphatic carbocycles. The van der Waals surface area contributed by atoms with Gasteiger partial charge in [-0.2, -0.15) is 5.26 Å². The van der Waals surface area contributed by atoms with Gasteiger partial charge in [0.15, 0.2) is 0 Å². The van der Waals surface area contributed by atoms with Crippen LogP contribution in [-0.2, 0) is 9.53 Å². The average molecular weight is 199 g/mol. The van der Waals surface area contributed by atoms with Crippen LogP contribution in [0.1, 0.15) is 6.92 Å². The molecule has 0 saturated carbocycles. The third kappa shape index (κ3) is 7.53. The van der Waals surface area contributed by atoms with Gasteiger partial charge in [0, 0.05) is 20.2 Å². The molecule has 14 heavy (non-hydrogen) atoms. The molecule has 0 bridgehead atoms. The highest BCUT2D eigenvalue weighted by atomic mass is 16.5. The lowest BCUT2D eigenvalue weighted by Crippen LogP contribution is -2.36. The standard InChI is InChI=1S/C9H17N3O2/c1-8(5-10)6-11-7-9(13)12-3-4-14-2/h8,11H,3-4,6-7H2,1-2H3,(H,12,13). The Morgan fingerprint density at radius 3 is 2.93 bits per heavy atom. The SMILES string of the molecule is COCCNC(=O)CNCC(C)C#N. The number of ether oxygens (including phenoxy) is 1. The maximum atomic E-state index is 11.1. The Morgan fingerprint density at radius 1 is 1.64 bits per heavy atom. The molecule has 0 rings (SSSR count). The molecule has 0 aliphatic heterocycles. The van der Waals surface area contributed by atoms with Gasteiger partial charge < -0.3 is 15.4 Å². The fourth-order valence-corrected chi connectivity index (χ4v) is 0.803. The largest absolute Gasteiger partial charge is 0.383 e. The minimum absolute atomic E-state index is 0.0678. The van der Waals surface area contributed by atoms with E-state index in [1.165, 1.54) is 0 Å². The number of nitrogens with one attached hydrogen (secondary N) is 2. The van der Waals surface area contributed by atoms with Crippen molar-refractivity contribution in [3.63, 3.8) is 0 Å². The first-order valence-corrected chi connectivity index (χ1v) is 4.56. The maximum Gasteiger partial charge on any atom is 0.234 e. The molecule has 0 aromatic heterocycles. The van der Waals surface area contributed by atoms with E-state index < -0.39 is 0 Å². The molecule has 2 N–H and O–H groups in total. The van der Waals surface area contributed by atoms with Crippen molar-refractivity contribution in [2.45, 2.75) is 6.92 Å². The molecule has 0 heterocycles. The first kappa shape index (κ1) is 12.9. The molecule has 1 unspecified atom stereocenters. The number of rotatable bonds is 7. The number of nitrogens with zero attached hydrogens (tertiary/aromatic N) is 1. The molecule has 1 atom stereocenters. The van der Waals surface area contributed by atoms with Gasteiger partial charge in [-0.25, -0.2) is 0 Å². The highest BCUT2D eigenvalue weighted by Gasteiger charge is 2.01. The van der Waals surface area contributed by atoms with Crippen molar-refractivity contribution in [1.82, 2.24) is 10.6 Å². The number of methoxy groups -OCH3 is 1. The lowest BCUT2D eigenvalue weighted by Gasteiger charge is -2.06. The normalized spacial score (nSPS) is 11.8. The summed E-state index contributed by atoms with van der Waals surface area (Å²) in [5.74, 6) is -0.144. The molecular weight excluding hydrogens is 182 g/mol. The van der Waals surface area contributed by atoms with E-state index in [2.05, 4.69) is 16.7 Å². The minimum atomic E-state index is -0.0767. The third-order valence-corrected chi connectivity index (χ3v) is 1.58. The van der Waals surface area contributed by atoms with Crippen LogP contribution in [0.3, 0.4) is 0 Å². The topological polar surface area (TPSA) is 74.2 Å². The molecule has 0 saturated heterocycles. The van der Waals surface area contributed by atoms with Crippen molar-refractivity contribution in [3.05, 3.63) is 0 Å². The van der Waals surface area contributed by atoms with Gasteiger partial charge in [-0.1, -0.05) is 0 Å². The van der Waals surface area contributed by atoms with E-state index in [1.54, 1.807) is 14.0 Å². The fraction of sp³-hybridized carbons (Fsp3) is 0.778. The predicted molar refractivity (Wildman–Crippen MR) is 52.5 cm³/mol. The molecule has 0 spiro atoms. The maximum absolute atomic E-state index is 11.1. The van der Waals surface area contributed by atoms with Crippen LogP contribution in [0.4, 0.5) is 0 Å². The summed E-state index contributed by atoms with van der Waals surface area (Å²) < 4.78 is 4.77. The van der Waals surface area contributed by atoms with Crippen molar-refractivity contribution in [2.24, 2.45) is 5.92 Å². The van der Waals surface area contributed by atoms with Crippen molar-refractivity contribution < 1.29 is 9.53 Å². The molecule has 0 aromatic rings. The van der Waals surface area contributed by atoms with E-state index in [4.69, 9.17) is 10.00 Å². The zero-order valence-corrected chi connectivity index (χ0v) is 8.67. The summed E-state index contributed by atoms with van der Waals surface area (Å²) in [6.07, 6.45) is 0. The highest BCUT2D eigenvalue weighted by Crippen LogP contribution is 1.86. The van der Waals surface area contributed by atoms with Crippen molar-refractivity contribution in [1.29, 1.82) is 5.26 Å². The zero-order valence-electron chi connectivity index (χ0n) is 8.67. The van der Waals surface area contributed by atoms with Crippen LogP contribution >= 0.6 is 0 Å². The quantitative estimate of drug-likeness (QED) is 0.542. The van der Waals surface area contributed by atoms with Crippen LogP contribution in [0.2, 0.25) is 0 Å². The number of nitriles is 1. The second-order valence-corrected chi connectivity index (χ2v) is 3.00. The fourth-order valence-electron chi connectivity index (χ4n) is 0.803. The van der Waals surface area contributed by atoms with Crippen LogP contribution < -0.4 is 10.6 Å². The molecular formula is C9H17N3O2. The zero-order chi connectivity index (χ0) is 10.8. The molecule has 80 valence electrons. The summed E-state index contributed by atoms with van der Waals surface area (Å²) >= 11 is 0. The van der Waals surface area contributed by atoms with E-state index in [0.717, 1.165) is 0 Å². The molecule has 0 fully saturated rings. The molecule has 5 heteroatoms. The van der Waals surface area contributed by atoms with Gasteiger partial charge in [-0.15, -0.1) is 0 Å². The Balaban J connectivity index is 3.32. The Bertz CT molecular complexity index is 201. The average Bonchev–Trinajstić information content (AvgIpc) is 2.18. The monoisotopic (exact) mass is 199 g/mol. The van der Waals surface area contributed by atoms with Gasteiger partial charge in [0.05, 0.1) is 25.1 Å². The van der Waals surface area contributed by atoms with E-state index >= 15 is 0 Å². The molecule has 1 amide bonds. The minimum Gasteiger partial charge on any atom is -0.383 e. The number of amides is 1. The van der Waals surface area contributed by atoms with E-state index in [1.807, 2.05) is 0 Å². The Kier molecular flexibility index (Phi) is 7.80. The van der Waals surface area contributed by atoms with E-state index in [0.29, 0.717) is 19.7 Å². The van der Waals surface area contributed by atoms with Crippen LogP contribution in [0.15, 0.2) is 0 Å². The first-order chi connectivity index (χ1) is 6.70. The second kappa shape index (κ2) is 8.48. The summed E-state index contributed by atoms with van der Waals surface area (Å²) in [7, 11) is 1.58. The Hall–Kier alpha value is -1.12. The summed E-state index contributed by atoms with van der Waals surface area (Å²) in [4.78, 5) is 11.1. The molecule has 5 nitrogen and oxygen atoms in total. The van der Waals surface area contributed by atoms with Crippen LogP contribution in [0.25, 0.3) is 0 Å². The summed E-state index contributed by atoms with van der Waals surface area (Å²) in [6, 6.07) is 2.08. The molecule has 0 aliphatic rings. The third-order valence-electron chi connectivity index (χ3n) is 1.58. The second-order valence-electron chi connectivity index (χ2n) is 3.00. The number of carbonyl (C=O) groups excluding carboxylic acids is 1. The summed E-state index contributed by atoms with van der Waals surface area (Å²) in [5.41, 5.74) is 0. The van der Waals surface area contributed by atoms with Gasteiger partial charge in [-0.3, -0.25) is 4.79 Å². The van der Waals surface area contributed by atoms with Crippen LogP contribution in [0, 0.1) is 17.2 Å². The lowest BCUT2D eigenvalue weighted by molar-refractivity contribution is -0.120. The first-order valence-electron chi connectivity index (χ1n) is 4.56. The predicted octanol–water partition coefficient (Wildman–Crippen LogP) is -0.502. The van der Waals surface area contributed by atoms with Crippen molar-refractivity contribution in [2.75, 3.05) is 33.4 Å². The van der Waals surface area contributed by atoms with Gasteiger partial charge in [0.1, 0.15) is 0 Å². The smallest absolute Gasteiger partial charge is 0.234 e. The van der Waals surface area contributed by atoms with Crippen LogP contribution in [0.5, 0.6) is 0 Å². The summed E-state index contributed by atoms with van der Waals surface area (Å²) in [6.45, 7) is 3.62. The van der Waals surface area contributed by atoms with E-state index in [-0.39, 0.29) is 18.4 Å². The van der Waals surface area contributed by atoms with Gasteiger partial charge in [0.2, 0.25) is 5.91 Å². The van der Waals surface area contributed by atoms with Gasteiger partial charge in [0.25, 0.3) is 0 Å². The van der Waals surface area contributed by atoms with Crippen molar-refractivity contribution >= 4 is 5.91 Å². The number of hydrogen-bond acceptors (Lipinski definition) is 4. The van der Waals surface area contributed by atoms with Crippen molar-refractivity contribution in [3.8, 4) is 6.07 Å². The number of carbonyl (C=O) groups is 1. The summed E-state index contributed by atoms with van der Waals surface area (Å²) in [5, 5.41) is 14.0. The Labute approximate surface area is 84.4 Å². The van der Waals surface area contributed by atoms with E-state index in [9.17, 15) is 4.79 Å².